The lowest BCUT2D eigenvalue weighted by molar-refractivity contribution is 0.385. The van der Waals surface area contributed by atoms with Crippen LogP contribution in [0.2, 0.25) is 0 Å². The summed E-state index contributed by atoms with van der Waals surface area (Å²) in [5.74, 6) is -0.0847. The van der Waals surface area contributed by atoms with Gasteiger partial charge in [-0.05, 0) is 24.1 Å². The molecule has 0 bridgehead atoms. The molecule has 0 N–H and O–H groups in total. The van der Waals surface area contributed by atoms with Crippen LogP contribution in [0.5, 0.6) is 5.75 Å². The van der Waals surface area contributed by atoms with Gasteiger partial charge in [0.15, 0.2) is 11.6 Å². The van der Waals surface area contributed by atoms with Crippen LogP contribution in [0, 0.1) is 5.82 Å². The number of ether oxygens (including phenoxy) is 1. The Morgan fingerprint density at radius 1 is 1.42 bits per heavy atom. The second kappa shape index (κ2) is 7.07. The fourth-order valence-corrected chi connectivity index (χ4v) is 3.02. The molecular formula is C12H17ClFNO3S. The third-order valence-electron chi connectivity index (χ3n) is 2.63. The second-order valence-corrected chi connectivity index (χ2v) is 6.66. The van der Waals surface area contributed by atoms with E-state index in [-0.39, 0.29) is 18.0 Å². The van der Waals surface area contributed by atoms with E-state index < -0.39 is 15.8 Å². The van der Waals surface area contributed by atoms with Crippen LogP contribution in [0.15, 0.2) is 18.2 Å². The van der Waals surface area contributed by atoms with Gasteiger partial charge in [0.1, 0.15) is 0 Å². The number of benzene rings is 1. The van der Waals surface area contributed by atoms with E-state index in [2.05, 4.69) is 0 Å². The molecule has 0 aromatic heterocycles. The number of rotatable bonds is 7. The summed E-state index contributed by atoms with van der Waals surface area (Å²) in [6, 6.07) is 4.38. The zero-order valence-electron chi connectivity index (χ0n) is 10.9. The van der Waals surface area contributed by atoms with Gasteiger partial charge in [-0.3, -0.25) is 0 Å². The number of hydrogen-bond donors (Lipinski definition) is 0. The Morgan fingerprint density at radius 2 is 2.11 bits per heavy atom. The molecule has 1 rings (SSSR count). The van der Waals surface area contributed by atoms with E-state index in [4.69, 9.17) is 16.3 Å². The van der Waals surface area contributed by atoms with Gasteiger partial charge < -0.3 is 4.74 Å². The molecule has 0 unspecified atom stereocenters. The number of hydrogen-bond acceptors (Lipinski definition) is 3. The van der Waals surface area contributed by atoms with Gasteiger partial charge in [0, 0.05) is 19.5 Å². The van der Waals surface area contributed by atoms with Gasteiger partial charge in [0.2, 0.25) is 10.0 Å². The molecule has 19 heavy (non-hydrogen) atoms. The van der Waals surface area contributed by atoms with E-state index in [1.54, 1.807) is 6.07 Å². The van der Waals surface area contributed by atoms with Gasteiger partial charge in [-0.1, -0.05) is 6.07 Å². The third kappa shape index (κ3) is 4.63. The standard InChI is InChI=1S/C12H17ClFNO3S/c1-15(19(16,17)7-3-6-13)9-10-4-5-12(18-2)11(14)8-10/h4-5,8H,3,6-7,9H2,1-2H3. The molecule has 0 aliphatic rings. The highest BCUT2D eigenvalue weighted by molar-refractivity contribution is 7.89. The first-order chi connectivity index (χ1) is 8.90. The van der Waals surface area contributed by atoms with Crippen molar-refractivity contribution in [1.82, 2.24) is 4.31 Å². The Labute approximate surface area is 118 Å². The molecule has 108 valence electrons. The molecule has 0 spiro atoms. The molecule has 4 nitrogen and oxygen atoms in total. The fraction of sp³-hybridized carbons (Fsp3) is 0.500. The van der Waals surface area contributed by atoms with E-state index in [0.717, 1.165) is 0 Å². The van der Waals surface area contributed by atoms with E-state index in [9.17, 15) is 12.8 Å². The monoisotopic (exact) mass is 309 g/mol. The first kappa shape index (κ1) is 16.2. The maximum absolute atomic E-state index is 13.5. The van der Waals surface area contributed by atoms with Crippen LogP contribution in [-0.2, 0) is 16.6 Å². The molecular weight excluding hydrogens is 293 g/mol. The van der Waals surface area contributed by atoms with Crippen LogP contribution in [0.4, 0.5) is 4.39 Å². The topological polar surface area (TPSA) is 46.6 Å². The van der Waals surface area contributed by atoms with Gasteiger partial charge in [0.05, 0.1) is 12.9 Å². The summed E-state index contributed by atoms with van der Waals surface area (Å²) in [6.45, 7) is 0.117. The zero-order valence-corrected chi connectivity index (χ0v) is 12.5. The number of sulfonamides is 1. The van der Waals surface area contributed by atoms with E-state index in [1.165, 1.54) is 30.6 Å². The number of alkyl halides is 1. The molecule has 0 atom stereocenters. The molecule has 0 fully saturated rings. The van der Waals surface area contributed by atoms with Crippen molar-refractivity contribution in [2.24, 2.45) is 0 Å². The molecule has 1 aromatic carbocycles. The minimum Gasteiger partial charge on any atom is -0.494 e. The number of halogens is 2. The van der Waals surface area contributed by atoms with Crippen LogP contribution in [-0.4, -0.2) is 38.5 Å². The number of nitrogens with zero attached hydrogens (tertiary/aromatic N) is 1. The van der Waals surface area contributed by atoms with Gasteiger partial charge in [0.25, 0.3) is 0 Å². The Hall–Kier alpha value is -0.850. The highest BCUT2D eigenvalue weighted by atomic mass is 35.5. The maximum atomic E-state index is 13.5. The molecule has 0 heterocycles. The Balaban J connectivity index is 2.76. The summed E-state index contributed by atoms with van der Waals surface area (Å²) in [5, 5.41) is 0. The molecule has 7 heteroatoms. The summed E-state index contributed by atoms with van der Waals surface area (Å²) >= 11 is 5.48. The minimum atomic E-state index is -3.35. The molecule has 0 saturated carbocycles. The lowest BCUT2D eigenvalue weighted by atomic mass is 10.2. The van der Waals surface area contributed by atoms with Crippen molar-refractivity contribution < 1.29 is 17.5 Å². The van der Waals surface area contributed by atoms with Crippen LogP contribution in [0.25, 0.3) is 0 Å². The summed E-state index contributed by atoms with van der Waals surface area (Å²) in [5.41, 5.74) is 0.565. The van der Waals surface area contributed by atoms with Crippen molar-refractivity contribution in [3.05, 3.63) is 29.6 Å². The average molecular weight is 310 g/mol. The van der Waals surface area contributed by atoms with Crippen molar-refractivity contribution in [3.8, 4) is 5.75 Å². The van der Waals surface area contributed by atoms with Crippen molar-refractivity contribution in [2.45, 2.75) is 13.0 Å². The lowest BCUT2D eigenvalue weighted by Crippen LogP contribution is -2.29. The van der Waals surface area contributed by atoms with Gasteiger partial charge in [-0.15, -0.1) is 11.6 Å². The van der Waals surface area contributed by atoms with Crippen molar-refractivity contribution >= 4 is 21.6 Å². The molecule has 0 saturated heterocycles. The largest absolute Gasteiger partial charge is 0.494 e. The maximum Gasteiger partial charge on any atom is 0.214 e. The second-order valence-electron chi connectivity index (χ2n) is 4.08. The number of methoxy groups -OCH3 is 1. The van der Waals surface area contributed by atoms with Crippen LogP contribution in [0.3, 0.4) is 0 Å². The Bertz CT molecular complexity index is 522. The van der Waals surface area contributed by atoms with E-state index in [1.807, 2.05) is 0 Å². The highest BCUT2D eigenvalue weighted by Crippen LogP contribution is 2.19. The lowest BCUT2D eigenvalue weighted by Gasteiger charge is -2.17. The fourth-order valence-electron chi connectivity index (χ4n) is 1.56. The first-order valence-electron chi connectivity index (χ1n) is 5.73. The van der Waals surface area contributed by atoms with Crippen LogP contribution < -0.4 is 4.74 Å². The summed E-state index contributed by atoms with van der Waals surface area (Å²) in [6.07, 6.45) is 0.394. The smallest absolute Gasteiger partial charge is 0.214 e. The minimum absolute atomic E-state index is 0.00830. The van der Waals surface area contributed by atoms with E-state index in [0.29, 0.717) is 17.9 Å². The zero-order chi connectivity index (χ0) is 14.5. The van der Waals surface area contributed by atoms with Gasteiger partial charge in [-0.25, -0.2) is 17.1 Å². The van der Waals surface area contributed by atoms with Crippen molar-refractivity contribution in [2.75, 3.05) is 25.8 Å². The molecule has 0 amide bonds. The Kier molecular flexibility index (Phi) is 6.03. The van der Waals surface area contributed by atoms with Crippen molar-refractivity contribution in [3.63, 3.8) is 0 Å². The van der Waals surface area contributed by atoms with Crippen LogP contribution in [0.1, 0.15) is 12.0 Å². The SMILES string of the molecule is COc1ccc(CN(C)S(=O)(=O)CCCCl)cc1F. The predicted octanol–water partition coefficient (Wildman–Crippen LogP) is 2.22. The summed E-state index contributed by atoms with van der Waals surface area (Å²) in [4.78, 5) is 0. The van der Waals surface area contributed by atoms with Crippen LogP contribution >= 0.6 is 11.6 Å². The Morgan fingerprint density at radius 3 is 2.63 bits per heavy atom. The van der Waals surface area contributed by atoms with Gasteiger partial charge in [-0.2, -0.15) is 0 Å². The quantitative estimate of drug-likeness (QED) is 0.726. The third-order valence-corrected chi connectivity index (χ3v) is 4.78. The predicted molar refractivity (Wildman–Crippen MR) is 73.5 cm³/mol. The average Bonchev–Trinajstić information content (AvgIpc) is 2.36. The summed E-state index contributed by atoms with van der Waals surface area (Å²) in [7, 11) is -0.514. The molecule has 0 aliphatic carbocycles. The first-order valence-corrected chi connectivity index (χ1v) is 7.87. The molecule has 0 radical (unpaired) electrons. The molecule has 1 aromatic rings. The van der Waals surface area contributed by atoms with E-state index >= 15 is 0 Å². The molecule has 0 aliphatic heterocycles. The van der Waals surface area contributed by atoms with Gasteiger partial charge >= 0.3 is 0 Å². The normalized spacial score (nSPS) is 11.8. The highest BCUT2D eigenvalue weighted by Gasteiger charge is 2.18. The van der Waals surface area contributed by atoms with Crippen molar-refractivity contribution in [1.29, 1.82) is 0 Å². The summed E-state index contributed by atoms with van der Waals surface area (Å²) < 4.78 is 43.2.